The molecular weight excluding hydrogens is 575 g/mol. The van der Waals surface area contributed by atoms with E-state index in [4.69, 9.17) is 13.2 Å². The van der Waals surface area contributed by atoms with Crippen LogP contribution < -0.4 is 0 Å². The van der Waals surface area contributed by atoms with E-state index in [1.54, 1.807) is 0 Å². The van der Waals surface area contributed by atoms with Crippen LogP contribution >= 0.6 is 0 Å². The van der Waals surface area contributed by atoms with Crippen LogP contribution in [0.3, 0.4) is 0 Å². The SMILES string of the molecule is Cc1ccc(S(=O)(/C=C2\CCCC[C@H]2[C@@H](O)[C@H](C)O[Si](C)(C)C(C)(C)C)=N[C@@H](CO[Si](C)(C)C(C)(C)C)C(C)C)cc1. The molecule has 1 aromatic carbocycles. The van der Waals surface area contributed by atoms with Gasteiger partial charge in [-0.25, -0.2) is 8.57 Å². The van der Waals surface area contributed by atoms with Crippen molar-refractivity contribution in [2.24, 2.45) is 16.2 Å². The molecule has 1 aliphatic rings. The molecule has 242 valence electrons. The molecule has 1 fully saturated rings. The molecule has 0 bridgehead atoms. The number of aliphatic hydroxyl groups excluding tert-OH is 1. The van der Waals surface area contributed by atoms with Gasteiger partial charge in [-0.15, -0.1) is 0 Å². The number of aliphatic hydroxyl groups is 1. The highest BCUT2D eigenvalue weighted by atomic mass is 32.2. The van der Waals surface area contributed by atoms with E-state index in [9.17, 15) is 5.11 Å². The number of hydrogen-bond acceptors (Lipinski definition) is 5. The third-order valence-electron chi connectivity index (χ3n) is 10.0. The molecule has 1 unspecified atom stereocenters. The fourth-order valence-corrected chi connectivity index (χ4v) is 9.49. The van der Waals surface area contributed by atoms with Crippen LogP contribution in [0.1, 0.15) is 93.6 Å². The molecule has 1 aliphatic carbocycles. The molecule has 0 aromatic heterocycles. The zero-order valence-corrected chi connectivity index (χ0v) is 32.2. The molecule has 8 heteroatoms. The molecule has 0 heterocycles. The maximum absolute atomic E-state index is 15.1. The van der Waals surface area contributed by atoms with E-state index in [0.717, 1.165) is 41.7 Å². The highest BCUT2D eigenvalue weighted by molar-refractivity contribution is 7.96. The van der Waals surface area contributed by atoms with E-state index in [2.05, 4.69) is 81.6 Å². The Bertz CT molecular complexity index is 1170. The van der Waals surface area contributed by atoms with Gasteiger partial charge in [0, 0.05) is 11.3 Å². The first kappa shape index (κ1) is 37.4. The predicted octanol–water partition coefficient (Wildman–Crippen LogP) is 9.71. The normalized spacial score (nSPS) is 22.1. The average molecular weight is 638 g/mol. The summed E-state index contributed by atoms with van der Waals surface area (Å²) in [5, 5.41) is 13.8. The Morgan fingerprint density at radius 2 is 1.52 bits per heavy atom. The first-order valence-electron chi connectivity index (χ1n) is 16.0. The largest absolute Gasteiger partial charge is 0.415 e. The van der Waals surface area contributed by atoms with Crippen molar-refractivity contribution >= 4 is 26.4 Å². The monoisotopic (exact) mass is 637 g/mol. The van der Waals surface area contributed by atoms with Crippen LogP contribution in [-0.2, 0) is 18.6 Å². The number of rotatable bonds is 11. The standard InChI is InChI=1S/C34H63NO4SSi2/c1-25(2)31(23-38-41(11,12)33(5,6)7)35-40(37,29-21-19-26(3)20-22-29)24-28-17-15-16-18-30(28)32(36)27(4)39-42(13,14)34(8,9)10/h19-22,24-25,27,30-32,36H,15-18,23H2,1-14H3/b28-24+/t27-,30+,31-,32-,40?/m0/s1. The van der Waals surface area contributed by atoms with Crippen molar-refractivity contribution in [3.8, 4) is 0 Å². The van der Waals surface area contributed by atoms with E-state index < -0.39 is 32.5 Å². The summed E-state index contributed by atoms with van der Waals surface area (Å²) in [5.74, 6) is 0.0752. The molecule has 0 radical (unpaired) electrons. The van der Waals surface area contributed by atoms with Gasteiger partial charge >= 0.3 is 0 Å². The zero-order valence-electron chi connectivity index (χ0n) is 29.3. The van der Waals surface area contributed by atoms with Crippen LogP contribution in [0.25, 0.3) is 0 Å². The van der Waals surface area contributed by atoms with Gasteiger partial charge in [-0.05, 0) is 87.4 Å². The molecule has 2 rings (SSSR count). The van der Waals surface area contributed by atoms with Crippen molar-refractivity contribution in [3.05, 3.63) is 40.8 Å². The fraction of sp³-hybridized carbons (Fsp3) is 0.765. The maximum Gasteiger partial charge on any atom is 0.192 e. The summed E-state index contributed by atoms with van der Waals surface area (Å²) < 4.78 is 33.5. The summed E-state index contributed by atoms with van der Waals surface area (Å²) in [7, 11) is -6.99. The average Bonchev–Trinajstić information content (AvgIpc) is 2.85. The van der Waals surface area contributed by atoms with Crippen molar-refractivity contribution in [2.75, 3.05) is 6.61 Å². The number of nitrogens with zero attached hydrogens (tertiary/aromatic N) is 1. The topological polar surface area (TPSA) is 68.1 Å². The third kappa shape index (κ3) is 9.61. The van der Waals surface area contributed by atoms with Crippen LogP contribution in [0.5, 0.6) is 0 Å². The van der Waals surface area contributed by atoms with Crippen LogP contribution in [0.4, 0.5) is 0 Å². The lowest BCUT2D eigenvalue weighted by atomic mass is 9.80. The Morgan fingerprint density at radius 3 is 2.02 bits per heavy atom. The van der Waals surface area contributed by atoms with Crippen LogP contribution in [-0.4, -0.2) is 50.8 Å². The molecule has 1 N–H and O–H groups in total. The Balaban J connectivity index is 2.58. The number of benzene rings is 1. The molecule has 0 spiro atoms. The van der Waals surface area contributed by atoms with E-state index >= 15 is 4.21 Å². The van der Waals surface area contributed by atoms with E-state index in [0.29, 0.717) is 6.61 Å². The maximum atomic E-state index is 15.1. The molecule has 0 aliphatic heterocycles. The van der Waals surface area contributed by atoms with Crippen molar-refractivity contribution in [3.63, 3.8) is 0 Å². The second-order valence-corrected chi connectivity index (χ2v) is 27.6. The third-order valence-corrected chi connectivity index (χ3v) is 21.3. The fourth-order valence-electron chi connectivity index (χ4n) is 4.79. The summed E-state index contributed by atoms with van der Waals surface area (Å²) in [4.78, 5) is 0.725. The lowest BCUT2D eigenvalue weighted by Crippen LogP contribution is -2.48. The summed E-state index contributed by atoms with van der Waals surface area (Å²) in [6.07, 6.45) is 2.80. The predicted molar refractivity (Wildman–Crippen MR) is 186 cm³/mol. The van der Waals surface area contributed by atoms with Crippen LogP contribution in [0.15, 0.2) is 44.5 Å². The van der Waals surface area contributed by atoms with Gasteiger partial charge < -0.3 is 14.0 Å². The van der Waals surface area contributed by atoms with Gasteiger partial charge in [-0.3, -0.25) is 0 Å². The van der Waals surface area contributed by atoms with Crippen molar-refractivity contribution in [1.29, 1.82) is 0 Å². The second-order valence-electron chi connectivity index (χ2n) is 16.0. The van der Waals surface area contributed by atoms with Crippen molar-refractivity contribution in [2.45, 2.75) is 154 Å². The summed E-state index contributed by atoms with van der Waals surface area (Å²) in [6.45, 7) is 31.2. The lowest BCUT2D eigenvalue weighted by Gasteiger charge is -2.41. The first-order chi connectivity index (χ1) is 19.0. The Hall–Kier alpha value is -0.776. The molecule has 1 aromatic rings. The zero-order chi connectivity index (χ0) is 32.3. The minimum absolute atomic E-state index is 0.0587. The van der Waals surface area contributed by atoms with Gasteiger partial charge in [0.2, 0.25) is 0 Å². The molecule has 0 amide bonds. The number of hydrogen-bond donors (Lipinski definition) is 1. The van der Waals surface area contributed by atoms with Gasteiger partial charge in [-0.2, -0.15) is 0 Å². The van der Waals surface area contributed by atoms with Crippen LogP contribution in [0, 0.1) is 18.8 Å². The number of aryl methyl sites for hydroxylation is 1. The van der Waals surface area contributed by atoms with Gasteiger partial charge in [0.05, 0.1) is 39.5 Å². The first-order valence-corrected chi connectivity index (χ1v) is 23.4. The molecule has 5 nitrogen and oxygen atoms in total. The van der Waals surface area contributed by atoms with E-state index in [-0.39, 0.29) is 34.1 Å². The van der Waals surface area contributed by atoms with Gasteiger partial charge in [0.15, 0.2) is 16.6 Å². The van der Waals surface area contributed by atoms with Crippen molar-refractivity contribution < 1.29 is 18.2 Å². The van der Waals surface area contributed by atoms with Crippen molar-refractivity contribution in [1.82, 2.24) is 0 Å². The summed E-state index contributed by atoms with van der Waals surface area (Å²) in [6, 6.07) is 7.74. The molecular formula is C34H63NO4SSi2. The van der Waals surface area contributed by atoms with Gasteiger partial charge in [-0.1, -0.05) is 85.1 Å². The highest BCUT2D eigenvalue weighted by Gasteiger charge is 2.42. The molecule has 42 heavy (non-hydrogen) atoms. The summed E-state index contributed by atoms with van der Waals surface area (Å²) in [5.41, 5.74) is 2.18. The molecule has 1 saturated carbocycles. The van der Waals surface area contributed by atoms with E-state index in [1.165, 1.54) is 0 Å². The quantitative estimate of drug-likeness (QED) is 0.245. The second kappa shape index (κ2) is 14.1. The minimum atomic E-state index is -2.93. The molecule has 5 atom stereocenters. The molecule has 0 saturated heterocycles. The Morgan fingerprint density at radius 1 is 0.976 bits per heavy atom. The van der Waals surface area contributed by atoms with Crippen LogP contribution in [0.2, 0.25) is 36.3 Å². The highest BCUT2D eigenvalue weighted by Crippen LogP contribution is 2.41. The van der Waals surface area contributed by atoms with Gasteiger partial charge in [0.25, 0.3) is 0 Å². The minimum Gasteiger partial charge on any atom is -0.415 e. The Labute approximate surface area is 261 Å². The van der Waals surface area contributed by atoms with E-state index in [1.807, 2.05) is 43.5 Å². The smallest absolute Gasteiger partial charge is 0.192 e. The lowest BCUT2D eigenvalue weighted by molar-refractivity contribution is 0.00326. The van der Waals surface area contributed by atoms with Gasteiger partial charge in [0.1, 0.15) is 0 Å². The Kier molecular flexibility index (Phi) is 12.6. The summed E-state index contributed by atoms with van der Waals surface area (Å²) >= 11 is 0.